The smallest absolute Gasteiger partial charge is 0.203 e. The van der Waals surface area contributed by atoms with Gasteiger partial charge in [-0.1, -0.05) is 65.0 Å². The van der Waals surface area contributed by atoms with Crippen molar-refractivity contribution < 1.29 is 44.7 Å². The molecular weight excluding hydrogens is 552 g/mol. The molecule has 0 heterocycles. The molecule has 9 heteroatoms. The number of ketones is 4. The minimum Gasteiger partial charge on any atom is -0.508 e. The molecule has 0 amide bonds. The summed E-state index contributed by atoms with van der Waals surface area (Å²) in [7, 11) is 0. The number of aliphatic hydroxyl groups is 4. The molecule has 6 atom stereocenters. The molecule has 3 aliphatic rings. The molecule has 0 bridgehead atoms. The first-order chi connectivity index (χ1) is 19.9. The third kappa shape index (κ3) is 3.52. The van der Waals surface area contributed by atoms with Gasteiger partial charge in [0, 0.05) is 22.3 Å². The number of hydrogen-bond acceptors (Lipinski definition) is 9. The van der Waals surface area contributed by atoms with Crippen molar-refractivity contribution in [2.75, 3.05) is 0 Å². The molecule has 1 saturated carbocycles. The number of carbonyl (C=O) groups excluding carboxylic acids is 4. The maximum atomic E-state index is 14.5. The van der Waals surface area contributed by atoms with E-state index in [0.717, 1.165) is 6.92 Å². The third-order valence-corrected chi connectivity index (χ3v) is 10.4. The van der Waals surface area contributed by atoms with Gasteiger partial charge in [-0.25, -0.2) is 0 Å². The lowest BCUT2D eigenvalue weighted by atomic mass is 9.40. The Bertz CT molecular complexity index is 1690. The second kappa shape index (κ2) is 9.46. The summed E-state index contributed by atoms with van der Waals surface area (Å²) in [6.07, 6.45) is -1.72. The van der Waals surface area contributed by atoms with Gasteiger partial charge in [0.1, 0.15) is 22.8 Å². The van der Waals surface area contributed by atoms with E-state index in [1.54, 1.807) is 58.0 Å². The summed E-state index contributed by atoms with van der Waals surface area (Å²) in [4.78, 5) is 52.7. The van der Waals surface area contributed by atoms with Crippen LogP contribution in [0.3, 0.4) is 0 Å². The minimum absolute atomic E-state index is 0.0802. The molecular formula is C34H36O9. The number of carbonyl (C=O) groups is 4. The van der Waals surface area contributed by atoms with Crippen molar-refractivity contribution in [3.05, 3.63) is 70.0 Å². The van der Waals surface area contributed by atoms with Crippen LogP contribution in [-0.4, -0.2) is 60.4 Å². The zero-order valence-corrected chi connectivity index (χ0v) is 25.1. The van der Waals surface area contributed by atoms with Crippen molar-refractivity contribution in [3.8, 4) is 16.9 Å². The molecule has 2 aromatic rings. The Morgan fingerprint density at radius 3 is 2.00 bits per heavy atom. The molecule has 5 N–H and O–H groups in total. The van der Waals surface area contributed by atoms with Gasteiger partial charge in [0.2, 0.25) is 5.78 Å². The number of fused-ring (bicyclic) bond motifs is 3. The zero-order valence-electron chi connectivity index (χ0n) is 25.1. The summed E-state index contributed by atoms with van der Waals surface area (Å²) in [6.45, 7) is 10.4. The lowest BCUT2D eigenvalue weighted by Crippen LogP contribution is -2.75. The van der Waals surface area contributed by atoms with Crippen LogP contribution in [0, 0.1) is 22.7 Å². The molecule has 0 spiro atoms. The maximum Gasteiger partial charge on any atom is 0.203 e. The molecule has 3 aliphatic carbocycles. The highest BCUT2D eigenvalue weighted by Crippen LogP contribution is 2.68. The highest BCUT2D eigenvalue weighted by Gasteiger charge is 2.77. The summed E-state index contributed by atoms with van der Waals surface area (Å²) in [5.41, 5.74) is -5.72. The molecule has 9 nitrogen and oxygen atoms in total. The number of aromatic hydroxyl groups is 1. The van der Waals surface area contributed by atoms with Gasteiger partial charge in [-0.3, -0.25) is 19.2 Å². The van der Waals surface area contributed by atoms with Crippen molar-refractivity contribution in [1.82, 2.24) is 0 Å². The van der Waals surface area contributed by atoms with Crippen LogP contribution in [0.2, 0.25) is 0 Å². The Morgan fingerprint density at radius 2 is 1.49 bits per heavy atom. The second-order valence-corrected chi connectivity index (χ2v) is 12.9. The van der Waals surface area contributed by atoms with Gasteiger partial charge in [0.15, 0.2) is 23.0 Å². The number of Topliss-reactive ketones (excluding diaryl/α,β-unsaturated/α-hetero) is 4. The van der Waals surface area contributed by atoms with Gasteiger partial charge in [-0.2, -0.15) is 0 Å². The van der Waals surface area contributed by atoms with Crippen molar-refractivity contribution in [3.63, 3.8) is 0 Å². The number of hydrogen-bond donors (Lipinski definition) is 5. The van der Waals surface area contributed by atoms with Gasteiger partial charge in [-0.05, 0) is 48.4 Å². The van der Waals surface area contributed by atoms with Crippen LogP contribution in [-0.2, 0) is 14.4 Å². The standard InChI is InChI=1S/C34H36O9/c1-14(2)25-27(38)23(17(5)36)29(40)34(43)30(41)26-28(39)24-21(37)13-12-20(19-10-8-18(9-11-19)16(4)35)22(24)15(3)32(26,6)31(42)33(25,34)7/h8-15,25,31,37,39-40,42-43H,1-7H3/t15-,25?,31-,32+,33+,34+/m1/s1. The number of phenolic OH excluding ortho intramolecular Hbond substituents is 1. The van der Waals surface area contributed by atoms with Gasteiger partial charge in [0.25, 0.3) is 0 Å². The van der Waals surface area contributed by atoms with Crippen molar-refractivity contribution in [2.24, 2.45) is 22.7 Å². The highest BCUT2D eigenvalue weighted by atomic mass is 16.4. The molecule has 43 heavy (non-hydrogen) atoms. The van der Waals surface area contributed by atoms with Crippen LogP contribution in [0.25, 0.3) is 16.9 Å². The van der Waals surface area contributed by atoms with Crippen LogP contribution >= 0.6 is 0 Å². The van der Waals surface area contributed by atoms with E-state index in [1.165, 1.54) is 19.9 Å². The minimum atomic E-state index is -2.94. The number of allylic oxidation sites excluding steroid dienone is 1. The quantitative estimate of drug-likeness (QED) is 0.253. The lowest BCUT2D eigenvalue weighted by molar-refractivity contribution is -0.215. The fraction of sp³-hybridized carbons (Fsp3) is 0.412. The Balaban J connectivity index is 1.88. The number of rotatable bonds is 4. The average Bonchev–Trinajstić information content (AvgIpc) is 2.93. The summed E-state index contributed by atoms with van der Waals surface area (Å²) in [6, 6.07) is 9.72. The fourth-order valence-corrected chi connectivity index (χ4v) is 8.13. The van der Waals surface area contributed by atoms with Crippen LogP contribution in [0.4, 0.5) is 0 Å². The maximum absolute atomic E-state index is 14.5. The van der Waals surface area contributed by atoms with E-state index in [1.807, 2.05) is 0 Å². The topological polar surface area (TPSA) is 169 Å². The summed E-state index contributed by atoms with van der Waals surface area (Å²) < 4.78 is 0. The number of aliphatic hydroxyl groups excluding tert-OH is 3. The molecule has 2 aromatic carbocycles. The largest absolute Gasteiger partial charge is 0.508 e. The van der Waals surface area contributed by atoms with E-state index in [9.17, 15) is 44.7 Å². The first-order valence-electron chi connectivity index (χ1n) is 14.2. The van der Waals surface area contributed by atoms with Crippen LogP contribution in [0.15, 0.2) is 53.3 Å². The zero-order chi connectivity index (χ0) is 32.1. The molecule has 0 saturated heterocycles. The van der Waals surface area contributed by atoms with Crippen LogP contribution in [0.5, 0.6) is 5.75 Å². The summed E-state index contributed by atoms with van der Waals surface area (Å²) in [5.74, 6) is -7.77. The molecule has 0 radical (unpaired) electrons. The normalized spacial score (nSPS) is 32.0. The monoisotopic (exact) mass is 588 g/mol. The number of phenols is 1. The lowest BCUT2D eigenvalue weighted by Gasteiger charge is -2.63. The Hall–Kier alpha value is -4.08. The first-order valence-corrected chi connectivity index (χ1v) is 14.2. The molecule has 5 rings (SSSR count). The van der Waals surface area contributed by atoms with E-state index in [-0.39, 0.29) is 17.1 Å². The van der Waals surface area contributed by atoms with E-state index < -0.39 is 80.3 Å². The van der Waals surface area contributed by atoms with Crippen LogP contribution < -0.4 is 0 Å². The Morgan fingerprint density at radius 1 is 0.907 bits per heavy atom. The van der Waals surface area contributed by atoms with E-state index >= 15 is 0 Å². The van der Waals surface area contributed by atoms with Gasteiger partial charge in [0.05, 0.1) is 17.2 Å². The van der Waals surface area contributed by atoms with Gasteiger partial charge < -0.3 is 25.5 Å². The summed E-state index contributed by atoms with van der Waals surface area (Å²) >= 11 is 0. The predicted molar refractivity (Wildman–Crippen MR) is 157 cm³/mol. The van der Waals surface area contributed by atoms with Gasteiger partial charge in [-0.15, -0.1) is 0 Å². The van der Waals surface area contributed by atoms with Crippen molar-refractivity contribution in [2.45, 2.75) is 66.1 Å². The van der Waals surface area contributed by atoms with Gasteiger partial charge >= 0.3 is 0 Å². The van der Waals surface area contributed by atoms with Crippen LogP contribution in [0.1, 0.15) is 75.9 Å². The second-order valence-electron chi connectivity index (χ2n) is 12.9. The van der Waals surface area contributed by atoms with Crippen molar-refractivity contribution in [1.29, 1.82) is 0 Å². The van der Waals surface area contributed by atoms with E-state index in [0.29, 0.717) is 22.3 Å². The SMILES string of the molecule is CC(=O)C1=C(O)[C@]2(O)C(=O)C3=C(O)c4c(O)ccc(-c5ccc(C(C)=O)cc5)c4[C@@H](C)[C@]3(C)[C@@H](O)[C@]2(C)C(C(C)C)C1=O. The first kappa shape index (κ1) is 30.4. The van der Waals surface area contributed by atoms with E-state index in [4.69, 9.17) is 0 Å². The average molecular weight is 589 g/mol. The molecule has 1 fully saturated rings. The number of benzene rings is 2. The van der Waals surface area contributed by atoms with Crippen molar-refractivity contribution >= 4 is 28.9 Å². The molecule has 1 unspecified atom stereocenters. The molecule has 0 aromatic heterocycles. The molecule has 0 aliphatic heterocycles. The molecule has 226 valence electrons. The third-order valence-electron chi connectivity index (χ3n) is 10.4. The summed E-state index contributed by atoms with van der Waals surface area (Å²) in [5, 5.41) is 58.7. The van der Waals surface area contributed by atoms with E-state index in [2.05, 4.69) is 0 Å². The predicted octanol–water partition coefficient (Wildman–Crippen LogP) is 4.59. The Labute approximate surface area is 249 Å². The Kier molecular flexibility index (Phi) is 6.68. The highest BCUT2D eigenvalue weighted by molar-refractivity contribution is 6.24. The fourth-order valence-electron chi connectivity index (χ4n) is 8.13.